The van der Waals surface area contributed by atoms with Crippen molar-refractivity contribution in [3.8, 4) is 5.75 Å². The lowest BCUT2D eigenvalue weighted by molar-refractivity contribution is 0.413. The van der Waals surface area contributed by atoms with Crippen molar-refractivity contribution < 1.29 is 8.95 Å². The molecule has 1 rings (SSSR count). The van der Waals surface area contributed by atoms with E-state index in [2.05, 4.69) is 22.6 Å². The SMILES string of the molecule is COc1ccc(I)c(S(C)=O)c1. The summed E-state index contributed by atoms with van der Waals surface area (Å²) in [4.78, 5) is 0.829. The molecule has 66 valence electrons. The average Bonchev–Trinajstić information content (AvgIpc) is 2.05. The fourth-order valence-corrected chi connectivity index (χ4v) is 2.72. The van der Waals surface area contributed by atoms with Gasteiger partial charge < -0.3 is 4.74 Å². The van der Waals surface area contributed by atoms with Gasteiger partial charge in [-0.05, 0) is 40.8 Å². The third kappa shape index (κ3) is 2.20. The molecule has 0 bridgehead atoms. The van der Waals surface area contributed by atoms with Crippen molar-refractivity contribution in [2.75, 3.05) is 13.4 Å². The zero-order chi connectivity index (χ0) is 9.14. The summed E-state index contributed by atoms with van der Waals surface area (Å²) in [6.07, 6.45) is 1.66. The van der Waals surface area contributed by atoms with Crippen molar-refractivity contribution in [1.82, 2.24) is 0 Å². The molecule has 1 aromatic rings. The maximum Gasteiger partial charge on any atom is 0.120 e. The van der Waals surface area contributed by atoms with Gasteiger partial charge in [0.2, 0.25) is 0 Å². The van der Waals surface area contributed by atoms with E-state index in [9.17, 15) is 4.21 Å². The van der Waals surface area contributed by atoms with E-state index in [0.717, 1.165) is 14.2 Å². The number of hydrogen-bond donors (Lipinski definition) is 0. The maximum atomic E-state index is 11.2. The lowest BCUT2D eigenvalue weighted by Gasteiger charge is -2.03. The monoisotopic (exact) mass is 296 g/mol. The van der Waals surface area contributed by atoms with Gasteiger partial charge in [-0.15, -0.1) is 0 Å². The van der Waals surface area contributed by atoms with Gasteiger partial charge in [-0.25, -0.2) is 0 Å². The third-order valence-electron chi connectivity index (χ3n) is 1.45. The van der Waals surface area contributed by atoms with E-state index in [0.29, 0.717) is 0 Å². The molecule has 1 aromatic carbocycles. The number of methoxy groups -OCH3 is 1. The van der Waals surface area contributed by atoms with Gasteiger partial charge in [-0.2, -0.15) is 0 Å². The molecule has 0 saturated carbocycles. The van der Waals surface area contributed by atoms with Gasteiger partial charge in [0.25, 0.3) is 0 Å². The molecule has 4 heteroatoms. The molecule has 0 heterocycles. The number of ether oxygens (including phenoxy) is 1. The topological polar surface area (TPSA) is 26.3 Å². The van der Waals surface area contributed by atoms with Crippen molar-refractivity contribution in [3.63, 3.8) is 0 Å². The highest BCUT2D eigenvalue weighted by atomic mass is 127. The molecule has 1 unspecified atom stereocenters. The van der Waals surface area contributed by atoms with E-state index in [1.807, 2.05) is 12.1 Å². The second-order valence-corrected chi connectivity index (χ2v) is 4.76. The van der Waals surface area contributed by atoms with Gasteiger partial charge in [0.1, 0.15) is 5.75 Å². The zero-order valence-electron chi connectivity index (χ0n) is 6.83. The molecule has 2 nitrogen and oxygen atoms in total. The summed E-state index contributed by atoms with van der Waals surface area (Å²) in [6.45, 7) is 0. The Kier molecular flexibility index (Phi) is 3.52. The highest BCUT2D eigenvalue weighted by Gasteiger charge is 2.04. The van der Waals surface area contributed by atoms with Crippen molar-refractivity contribution >= 4 is 33.4 Å². The predicted molar refractivity (Wildman–Crippen MR) is 58.0 cm³/mol. The Bertz CT molecular complexity index is 312. The Labute approximate surface area is 87.9 Å². The maximum absolute atomic E-state index is 11.2. The van der Waals surface area contributed by atoms with E-state index in [1.165, 1.54) is 0 Å². The van der Waals surface area contributed by atoms with Gasteiger partial charge in [-0.3, -0.25) is 4.21 Å². The van der Waals surface area contributed by atoms with E-state index in [1.54, 1.807) is 19.4 Å². The molecular formula is C8H9IO2S. The number of halogens is 1. The van der Waals surface area contributed by atoms with Crippen LogP contribution in [0.2, 0.25) is 0 Å². The molecule has 0 spiro atoms. The first-order valence-corrected chi connectivity index (χ1v) is 5.96. The van der Waals surface area contributed by atoms with Crippen LogP contribution in [-0.2, 0) is 10.8 Å². The van der Waals surface area contributed by atoms with Crippen LogP contribution in [0.15, 0.2) is 23.1 Å². The Balaban J connectivity index is 3.17. The van der Waals surface area contributed by atoms with Gasteiger partial charge >= 0.3 is 0 Å². The van der Waals surface area contributed by atoms with Crippen LogP contribution in [0.25, 0.3) is 0 Å². The molecule has 12 heavy (non-hydrogen) atoms. The second kappa shape index (κ2) is 4.23. The first kappa shape index (κ1) is 9.98. The van der Waals surface area contributed by atoms with Crippen LogP contribution >= 0.6 is 22.6 Å². The third-order valence-corrected chi connectivity index (χ3v) is 3.71. The number of hydrogen-bond acceptors (Lipinski definition) is 2. The summed E-state index contributed by atoms with van der Waals surface area (Å²) in [5.41, 5.74) is 0. The molecule has 1 atom stereocenters. The molecule has 0 saturated heterocycles. The number of rotatable bonds is 2. The summed E-state index contributed by atoms with van der Waals surface area (Å²) in [6, 6.07) is 5.56. The minimum Gasteiger partial charge on any atom is -0.497 e. The predicted octanol–water partition coefficient (Wildman–Crippen LogP) is 2.04. The molecule has 0 aliphatic rings. The largest absolute Gasteiger partial charge is 0.497 e. The standard InChI is InChI=1S/C8H9IO2S/c1-11-6-3-4-7(9)8(5-6)12(2)10/h3-5H,1-2H3. The summed E-state index contributed by atoms with van der Waals surface area (Å²) in [5.74, 6) is 0.751. The van der Waals surface area contributed by atoms with Crippen LogP contribution in [0.5, 0.6) is 5.75 Å². The fourth-order valence-electron chi connectivity index (χ4n) is 0.831. The Hall–Kier alpha value is -0.100. The molecule has 0 aromatic heterocycles. The molecule has 0 fully saturated rings. The Morgan fingerprint density at radius 1 is 1.50 bits per heavy atom. The van der Waals surface area contributed by atoms with Crippen LogP contribution in [-0.4, -0.2) is 17.6 Å². The summed E-state index contributed by atoms with van der Waals surface area (Å²) in [5, 5.41) is 0. The molecular weight excluding hydrogens is 287 g/mol. The van der Waals surface area contributed by atoms with Crippen molar-refractivity contribution in [3.05, 3.63) is 21.8 Å². The Morgan fingerprint density at radius 3 is 2.67 bits per heavy atom. The van der Waals surface area contributed by atoms with E-state index in [4.69, 9.17) is 4.74 Å². The van der Waals surface area contributed by atoms with Crippen molar-refractivity contribution in [2.45, 2.75) is 4.90 Å². The second-order valence-electron chi connectivity index (χ2n) is 2.25. The normalized spacial score (nSPS) is 12.6. The molecule has 0 amide bonds. The van der Waals surface area contributed by atoms with E-state index < -0.39 is 10.8 Å². The molecule has 0 aliphatic carbocycles. The van der Waals surface area contributed by atoms with Crippen molar-refractivity contribution in [2.24, 2.45) is 0 Å². The van der Waals surface area contributed by atoms with Crippen LogP contribution in [0.1, 0.15) is 0 Å². The minimum absolute atomic E-state index is 0.751. The fraction of sp³-hybridized carbons (Fsp3) is 0.250. The van der Waals surface area contributed by atoms with E-state index >= 15 is 0 Å². The zero-order valence-corrected chi connectivity index (χ0v) is 9.81. The molecule has 0 N–H and O–H groups in total. The van der Waals surface area contributed by atoms with Gasteiger partial charge in [0.05, 0.1) is 22.8 Å². The molecule has 0 radical (unpaired) electrons. The summed E-state index contributed by atoms with van der Waals surface area (Å²) in [7, 11) is 0.662. The minimum atomic E-state index is -0.940. The smallest absolute Gasteiger partial charge is 0.120 e. The van der Waals surface area contributed by atoms with Gasteiger partial charge in [-0.1, -0.05) is 0 Å². The van der Waals surface area contributed by atoms with Crippen LogP contribution in [0.4, 0.5) is 0 Å². The average molecular weight is 296 g/mol. The van der Waals surface area contributed by atoms with E-state index in [-0.39, 0.29) is 0 Å². The first-order valence-electron chi connectivity index (χ1n) is 3.32. The van der Waals surface area contributed by atoms with Crippen molar-refractivity contribution in [1.29, 1.82) is 0 Å². The first-order chi connectivity index (χ1) is 5.65. The molecule has 0 aliphatic heterocycles. The highest BCUT2D eigenvalue weighted by Crippen LogP contribution is 2.21. The quantitative estimate of drug-likeness (QED) is 0.781. The van der Waals surface area contributed by atoms with Gasteiger partial charge in [0, 0.05) is 9.83 Å². The lowest BCUT2D eigenvalue weighted by Crippen LogP contribution is -1.92. The van der Waals surface area contributed by atoms with Crippen LogP contribution in [0.3, 0.4) is 0 Å². The summed E-state index contributed by atoms with van der Waals surface area (Å²) >= 11 is 2.16. The van der Waals surface area contributed by atoms with Crippen LogP contribution < -0.4 is 4.74 Å². The Morgan fingerprint density at radius 2 is 2.17 bits per heavy atom. The summed E-state index contributed by atoms with van der Waals surface area (Å²) < 4.78 is 17.2. The van der Waals surface area contributed by atoms with Gasteiger partial charge in [0.15, 0.2) is 0 Å². The number of benzene rings is 1. The highest BCUT2D eigenvalue weighted by molar-refractivity contribution is 14.1. The van der Waals surface area contributed by atoms with Crippen LogP contribution in [0, 0.1) is 3.57 Å². The lowest BCUT2D eigenvalue weighted by atomic mass is 10.3.